The number of hydrogen-bond donors (Lipinski definition) is 3. The van der Waals surface area contributed by atoms with Gasteiger partial charge in [0.05, 0.1) is 11.0 Å². The van der Waals surface area contributed by atoms with Crippen molar-refractivity contribution in [2.24, 2.45) is 0 Å². The van der Waals surface area contributed by atoms with Crippen molar-refractivity contribution in [2.75, 3.05) is 7.05 Å². The predicted octanol–water partition coefficient (Wildman–Crippen LogP) is 5.95. The Morgan fingerprint density at radius 1 is 0.977 bits per heavy atom. The summed E-state index contributed by atoms with van der Waals surface area (Å²) >= 11 is 0. The zero-order chi connectivity index (χ0) is 29.8. The van der Waals surface area contributed by atoms with Crippen molar-refractivity contribution in [1.29, 1.82) is 0 Å². The lowest BCUT2D eigenvalue weighted by molar-refractivity contribution is 0.624. The van der Waals surface area contributed by atoms with Crippen LogP contribution in [-0.4, -0.2) is 32.2 Å². The minimum atomic E-state index is -0.271. The van der Waals surface area contributed by atoms with E-state index in [2.05, 4.69) is 79.5 Å². The Morgan fingerprint density at radius 2 is 1.81 bits per heavy atom. The van der Waals surface area contributed by atoms with Crippen molar-refractivity contribution in [1.82, 2.24) is 30.5 Å². The van der Waals surface area contributed by atoms with Crippen molar-refractivity contribution < 1.29 is 4.39 Å². The standard InChI is InChI=1S/C36H33FN6/c1-4-27(29-14-25(21-39-22-29)11-10-24-8-6-5-7-9-24)18-32-23(2)42-43-35(32)34-19-33-31(12-13-40-36(33)41-34)28-15-26(20-38-3)16-30(37)17-28/h4-9,12-19,21-22,38,42H,2,10-11,20H2,1,3H3,(H,40,41)/b27-4+,32-18+. The molecule has 0 fully saturated rings. The van der Waals surface area contributed by atoms with Crippen LogP contribution in [0, 0.1) is 5.82 Å². The molecule has 214 valence electrons. The predicted molar refractivity (Wildman–Crippen MR) is 173 cm³/mol. The van der Waals surface area contributed by atoms with Gasteiger partial charge in [0.1, 0.15) is 17.2 Å². The number of nitrogens with one attached hydrogen (secondary N) is 3. The van der Waals surface area contributed by atoms with Gasteiger partial charge in [0, 0.05) is 35.7 Å². The molecular weight excluding hydrogens is 535 g/mol. The number of fused-ring (bicyclic) bond motifs is 1. The lowest BCUT2D eigenvalue weighted by Crippen LogP contribution is -2.22. The molecule has 7 heteroatoms. The van der Waals surface area contributed by atoms with Gasteiger partial charge in [-0.15, -0.1) is 0 Å². The third-order valence-electron chi connectivity index (χ3n) is 7.60. The summed E-state index contributed by atoms with van der Waals surface area (Å²) < 4.78 is 14.5. The third-order valence-corrected chi connectivity index (χ3v) is 7.60. The summed E-state index contributed by atoms with van der Waals surface area (Å²) in [6, 6.07) is 21.7. The van der Waals surface area contributed by atoms with E-state index >= 15 is 0 Å². The minimum absolute atomic E-state index is 0.271. The number of hydrogen-bond acceptors (Lipinski definition) is 4. The van der Waals surface area contributed by atoms with Gasteiger partial charge in [-0.1, -0.05) is 43.0 Å². The lowest BCUT2D eigenvalue weighted by atomic mass is 10.0. The molecule has 6 aromatic rings. The van der Waals surface area contributed by atoms with Crippen LogP contribution in [0.3, 0.4) is 0 Å². The number of aromatic amines is 2. The second-order valence-corrected chi connectivity index (χ2v) is 10.6. The van der Waals surface area contributed by atoms with Gasteiger partial charge in [0.25, 0.3) is 0 Å². The van der Waals surface area contributed by atoms with Crippen LogP contribution in [0.2, 0.25) is 0 Å². The first kappa shape index (κ1) is 28.0. The first-order chi connectivity index (χ1) is 21.0. The normalized spacial score (nSPS) is 12.3. The Kier molecular flexibility index (Phi) is 8.07. The maximum absolute atomic E-state index is 14.5. The van der Waals surface area contributed by atoms with Crippen LogP contribution in [0.25, 0.3) is 51.8 Å². The quantitative estimate of drug-likeness (QED) is 0.201. The molecule has 4 aromatic heterocycles. The number of H-pyrrole nitrogens is 2. The van der Waals surface area contributed by atoms with Gasteiger partial charge in [0.15, 0.2) is 0 Å². The molecule has 0 spiro atoms. The maximum atomic E-state index is 14.5. The van der Waals surface area contributed by atoms with Crippen molar-refractivity contribution in [3.05, 3.63) is 130 Å². The largest absolute Gasteiger partial charge is 0.338 e. The topological polar surface area (TPSA) is 82.3 Å². The van der Waals surface area contributed by atoms with E-state index in [-0.39, 0.29) is 5.82 Å². The molecule has 0 aliphatic heterocycles. The summed E-state index contributed by atoms with van der Waals surface area (Å²) in [5.74, 6) is -0.271. The van der Waals surface area contributed by atoms with Crippen LogP contribution in [0.15, 0.2) is 91.4 Å². The molecule has 0 radical (unpaired) electrons. The molecule has 0 unspecified atom stereocenters. The van der Waals surface area contributed by atoms with Gasteiger partial charge in [-0.05, 0) is 108 Å². The molecule has 0 amide bonds. The Labute approximate surface area is 249 Å². The molecule has 43 heavy (non-hydrogen) atoms. The summed E-state index contributed by atoms with van der Waals surface area (Å²) in [5, 5.41) is 13.2. The SMILES string of the molecule is C=c1[nH]nc(-c2cc3c(-c4cc(F)cc(CNC)c4)ccnc3[nH]2)/c1=C/C(=C\C)c1cncc(CCc2ccccc2)c1. The first-order valence-corrected chi connectivity index (χ1v) is 14.3. The third kappa shape index (κ3) is 6.08. The summed E-state index contributed by atoms with van der Waals surface area (Å²) in [5.41, 5.74) is 9.34. The minimum Gasteiger partial charge on any atom is -0.338 e. The maximum Gasteiger partial charge on any atom is 0.138 e. The number of aromatic nitrogens is 5. The molecule has 2 aromatic carbocycles. The van der Waals surface area contributed by atoms with E-state index < -0.39 is 0 Å². The highest BCUT2D eigenvalue weighted by molar-refractivity contribution is 5.96. The average molecular weight is 569 g/mol. The van der Waals surface area contributed by atoms with Crippen molar-refractivity contribution in [3.8, 4) is 22.5 Å². The van der Waals surface area contributed by atoms with Crippen LogP contribution < -0.4 is 15.9 Å². The molecule has 6 nitrogen and oxygen atoms in total. The van der Waals surface area contributed by atoms with E-state index in [4.69, 9.17) is 0 Å². The number of pyridine rings is 2. The van der Waals surface area contributed by atoms with E-state index in [0.717, 1.165) is 62.7 Å². The molecule has 0 aliphatic rings. The number of allylic oxidation sites excluding steroid dienone is 2. The fourth-order valence-corrected chi connectivity index (χ4v) is 5.47. The smallest absolute Gasteiger partial charge is 0.138 e. The second kappa shape index (κ2) is 12.4. The second-order valence-electron chi connectivity index (χ2n) is 10.6. The fourth-order valence-electron chi connectivity index (χ4n) is 5.47. The molecule has 3 N–H and O–H groups in total. The van der Waals surface area contributed by atoms with E-state index in [0.29, 0.717) is 17.5 Å². The Hall–Kier alpha value is -5.14. The number of rotatable bonds is 9. The zero-order valence-corrected chi connectivity index (χ0v) is 24.3. The van der Waals surface area contributed by atoms with Crippen LogP contribution >= 0.6 is 0 Å². The van der Waals surface area contributed by atoms with Gasteiger partial charge < -0.3 is 10.3 Å². The van der Waals surface area contributed by atoms with Gasteiger partial charge >= 0.3 is 0 Å². The van der Waals surface area contributed by atoms with Crippen molar-refractivity contribution >= 4 is 29.3 Å². The van der Waals surface area contributed by atoms with Gasteiger partial charge in [-0.3, -0.25) is 10.1 Å². The molecular formula is C36H33FN6. The van der Waals surface area contributed by atoms with Gasteiger partial charge in [-0.25, -0.2) is 9.37 Å². The number of halogens is 1. The van der Waals surface area contributed by atoms with Crippen LogP contribution in [0.1, 0.15) is 29.2 Å². The molecule has 0 aliphatic carbocycles. The fraction of sp³-hybridized carbons (Fsp3) is 0.139. The Morgan fingerprint density at radius 3 is 2.63 bits per heavy atom. The number of benzene rings is 2. The Balaban J connectivity index is 1.36. The lowest BCUT2D eigenvalue weighted by Gasteiger charge is -2.07. The van der Waals surface area contributed by atoms with E-state index in [1.54, 1.807) is 18.3 Å². The molecule has 0 bridgehead atoms. The van der Waals surface area contributed by atoms with Crippen LogP contribution in [0.5, 0.6) is 0 Å². The molecule has 0 atom stereocenters. The molecule has 0 saturated carbocycles. The molecule has 4 heterocycles. The highest BCUT2D eigenvalue weighted by Crippen LogP contribution is 2.31. The average Bonchev–Trinajstić information content (AvgIpc) is 3.62. The number of nitrogens with zero attached hydrogens (tertiary/aromatic N) is 3. The highest BCUT2D eigenvalue weighted by atomic mass is 19.1. The van der Waals surface area contributed by atoms with E-state index in [1.165, 1.54) is 11.1 Å². The van der Waals surface area contributed by atoms with E-state index in [1.807, 2.05) is 50.6 Å². The summed E-state index contributed by atoms with van der Waals surface area (Å²) in [7, 11) is 1.85. The summed E-state index contributed by atoms with van der Waals surface area (Å²) in [4.78, 5) is 12.5. The number of aryl methyl sites for hydroxylation is 2. The van der Waals surface area contributed by atoms with Gasteiger partial charge in [-0.2, -0.15) is 5.10 Å². The zero-order valence-electron chi connectivity index (χ0n) is 24.3. The summed E-state index contributed by atoms with van der Waals surface area (Å²) in [6.07, 6.45) is 11.6. The van der Waals surface area contributed by atoms with Crippen LogP contribution in [0.4, 0.5) is 4.39 Å². The highest BCUT2D eigenvalue weighted by Gasteiger charge is 2.14. The summed E-state index contributed by atoms with van der Waals surface area (Å²) in [6.45, 7) is 6.81. The van der Waals surface area contributed by atoms with Crippen molar-refractivity contribution in [2.45, 2.75) is 26.3 Å². The van der Waals surface area contributed by atoms with E-state index in [9.17, 15) is 4.39 Å². The van der Waals surface area contributed by atoms with Crippen molar-refractivity contribution in [3.63, 3.8) is 0 Å². The first-order valence-electron chi connectivity index (χ1n) is 14.3. The molecule has 0 saturated heterocycles. The van der Waals surface area contributed by atoms with Crippen LogP contribution in [-0.2, 0) is 19.4 Å². The molecule has 6 rings (SSSR count). The Bertz CT molecular complexity index is 2040. The monoisotopic (exact) mass is 568 g/mol. The van der Waals surface area contributed by atoms with Gasteiger partial charge in [0.2, 0.25) is 0 Å².